The fraction of sp³-hybridized carbons (Fsp3) is 0.632. The van der Waals surface area contributed by atoms with Crippen molar-refractivity contribution in [3.05, 3.63) is 29.8 Å². The molecule has 3 rings (SSSR count). The van der Waals surface area contributed by atoms with Gasteiger partial charge in [0, 0.05) is 25.6 Å². The zero-order valence-corrected chi connectivity index (χ0v) is 14.7. The van der Waals surface area contributed by atoms with E-state index >= 15 is 0 Å². The zero-order valence-electron chi connectivity index (χ0n) is 14.7. The molecular weight excluding hydrogens is 306 g/mol. The van der Waals surface area contributed by atoms with E-state index in [-0.39, 0.29) is 6.47 Å². The molecule has 0 radical (unpaired) electrons. The van der Waals surface area contributed by atoms with Crippen LogP contribution in [0, 0.1) is 5.41 Å². The van der Waals surface area contributed by atoms with Gasteiger partial charge in [-0.2, -0.15) is 0 Å². The Morgan fingerprint density at radius 1 is 1.25 bits per heavy atom. The standard InChI is InChI=1S/C18H27NO2.CH2O2/c1-20-16-8-6-15(7-9-16)13-19-12-4-11-18(14-19)10-3-5-17(18)21-2;2-1-3/h6-9,17H,3-5,10-14H2,1-2H3;1H,(H,2,3)/t17-,18-;/m1./s1. The molecule has 1 N–H and O–H groups in total. The molecule has 2 aliphatic rings. The summed E-state index contributed by atoms with van der Waals surface area (Å²) in [6, 6.07) is 8.48. The molecule has 1 aromatic carbocycles. The Bertz CT molecular complexity index is 505. The summed E-state index contributed by atoms with van der Waals surface area (Å²) in [7, 11) is 3.61. The minimum absolute atomic E-state index is 0.250. The van der Waals surface area contributed by atoms with Crippen LogP contribution in [0.25, 0.3) is 0 Å². The van der Waals surface area contributed by atoms with Crippen LogP contribution < -0.4 is 4.74 Å². The monoisotopic (exact) mass is 335 g/mol. The van der Waals surface area contributed by atoms with Crippen molar-refractivity contribution in [3.63, 3.8) is 0 Å². The number of ether oxygens (including phenoxy) is 2. The summed E-state index contributed by atoms with van der Waals surface area (Å²) in [5, 5.41) is 6.89. The van der Waals surface area contributed by atoms with Crippen LogP contribution >= 0.6 is 0 Å². The van der Waals surface area contributed by atoms with Crippen LogP contribution in [0.4, 0.5) is 0 Å². The van der Waals surface area contributed by atoms with E-state index in [9.17, 15) is 0 Å². The molecule has 0 bridgehead atoms. The first kappa shape index (κ1) is 18.7. The second-order valence-electron chi connectivity index (χ2n) is 6.75. The van der Waals surface area contributed by atoms with Crippen LogP contribution in [0.2, 0.25) is 0 Å². The largest absolute Gasteiger partial charge is 0.497 e. The van der Waals surface area contributed by atoms with Crippen molar-refractivity contribution >= 4 is 6.47 Å². The van der Waals surface area contributed by atoms with E-state index in [1.807, 2.05) is 7.11 Å². The number of piperidine rings is 1. The van der Waals surface area contributed by atoms with E-state index in [1.165, 1.54) is 50.8 Å². The minimum Gasteiger partial charge on any atom is -0.497 e. The first-order valence-corrected chi connectivity index (χ1v) is 8.63. The Balaban J connectivity index is 0.000000647. The molecule has 0 amide bonds. The van der Waals surface area contributed by atoms with Gasteiger partial charge in [0.15, 0.2) is 0 Å². The summed E-state index contributed by atoms with van der Waals surface area (Å²) in [6.45, 7) is 3.20. The molecule has 2 fully saturated rings. The molecule has 5 heteroatoms. The molecule has 1 spiro atoms. The molecule has 1 saturated heterocycles. The molecule has 1 heterocycles. The van der Waals surface area contributed by atoms with Crippen molar-refractivity contribution in [2.75, 3.05) is 27.3 Å². The SMILES string of the molecule is COc1ccc(CN2CCC[C@]3(CCC[C@H]3OC)C2)cc1.O=CO. The van der Waals surface area contributed by atoms with Gasteiger partial charge in [-0.15, -0.1) is 0 Å². The summed E-state index contributed by atoms with van der Waals surface area (Å²) >= 11 is 0. The summed E-state index contributed by atoms with van der Waals surface area (Å²) in [5.74, 6) is 0.934. The molecule has 1 aromatic rings. The third kappa shape index (κ3) is 4.48. The van der Waals surface area contributed by atoms with Crippen molar-refractivity contribution < 1.29 is 19.4 Å². The number of hydrogen-bond donors (Lipinski definition) is 1. The van der Waals surface area contributed by atoms with Gasteiger partial charge in [0.2, 0.25) is 0 Å². The number of rotatable bonds is 4. The Kier molecular flexibility index (Phi) is 7.06. The molecule has 1 aliphatic carbocycles. The lowest BCUT2D eigenvalue weighted by Gasteiger charge is -2.43. The van der Waals surface area contributed by atoms with Crippen LogP contribution in [-0.4, -0.2) is 49.9 Å². The highest BCUT2D eigenvalue weighted by molar-refractivity contribution is 5.32. The van der Waals surface area contributed by atoms with Gasteiger partial charge in [-0.05, 0) is 49.9 Å². The molecule has 5 nitrogen and oxygen atoms in total. The van der Waals surface area contributed by atoms with Crippen LogP contribution in [0.3, 0.4) is 0 Å². The number of likely N-dealkylation sites (tertiary alicyclic amines) is 1. The van der Waals surface area contributed by atoms with Crippen molar-refractivity contribution in [3.8, 4) is 5.75 Å². The third-order valence-corrected chi connectivity index (χ3v) is 5.36. The highest BCUT2D eigenvalue weighted by atomic mass is 16.5. The molecule has 2 atom stereocenters. The predicted octanol–water partition coefficient (Wildman–Crippen LogP) is 3.18. The number of carboxylic acid groups (broad SMARTS) is 1. The highest BCUT2D eigenvalue weighted by Crippen LogP contribution is 2.46. The quantitative estimate of drug-likeness (QED) is 0.857. The first-order chi connectivity index (χ1) is 11.7. The van der Waals surface area contributed by atoms with Crippen LogP contribution in [-0.2, 0) is 16.1 Å². The first-order valence-electron chi connectivity index (χ1n) is 8.63. The number of hydrogen-bond acceptors (Lipinski definition) is 4. The highest BCUT2D eigenvalue weighted by Gasteiger charge is 2.45. The summed E-state index contributed by atoms with van der Waals surface area (Å²) in [5.41, 5.74) is 1.79. The van der Waals surface area contributed by atoms with Gasteiger partial charge in [-0.3, -0.25) is 9.69 Å². The van der Waals surface area contributed by atoms with Crippen molar-refractivity contribution in [1.29, 1.82) is 0 Å². The molecule has 0 aromatic heterocycles. The zero-order chi connectivity index (χ0) is 17.4. The van der Waals surface area contributed by atoms with E-state index in [0.29, 0.717) is 11.5 Å². The van der Waals surface area contributed by atoms with Crippen LogP contribution in [0.15, 0.2) is 24.3 Å². The number of methoxy groups -OCH3 is 2. The van der Waals surface area contributed by atoms with E-state index in [2.05, 4.69) is 29.2 Å². The van der Waals surface area contributed by atoms with E-state index in [0.717, 1.165) is 12.3 Å². The maximum absolute atomic E-state index is 8.36. The second kappa shape index (κ2) is 9.04. The van der Waals surface area contributed by atoms with Crippen molar-refractivity contribution in [2.45, 2.75) is 44.8 Å². The molecule has 1 aliphatic heterocycles. The normalized spacial score (nSPS) is 26.7. The lowest BCUT2D eigenvalue weighted by atomic mass is 9.76. The van der Waals surface area contributed by atoms with Crippen molar-refractivity contribution in [2.24, 2.45) is 5.41 Å². The second-order valence-corrected chi connectivity index (χ2v) is 6.75. The van der Waals surface area contributed by atoms with Gasteiger partial charge in [-0.1, -0.05) is 18.6 Å². The van der Waals surface area contributed by atoms with Gasteiger partial charge in [-0.25, -0.2) is 0 Å². The minimum atomic E-state index is -0.250. The maximum atomic E-state index is 8.36. The Morgan fingerprint density at radius 2 is 1.92 bits per heavy atom. The third-order valence-electron chi connectivity index (χ3n) is 5.36. The van der Waals surface area contributed by atoms with Crippen molar-refractivity contribution in [1.82, 2.24) is 4.90 Å². The molecular formula is C19H29NO4. The topological polar surface area (TPSA) is 59.0 Å². The van der Waals surface area contributed by atoms with Gasteiger partial charge >= 0.3 is 0 Å². The molecule has 24 heavy (non-hydrogen) atoms. The smallest absolute Gasteiger partial charge is 0.290 e. The lowest BCUT2D eigenvalue weighted by Crippen LogP contribution is -2.47. The number of carbonyl (C=O) groups is 1. The van der Waals surface area contributed by atoms with E-state index in [4.69, 9.17) is 19.4 Å². The predicted molar refractivity (Wildman–Crippen MR) is 93.3 cm³/mol. The number of benzene rings is 1. The van der Waals surface area contributed by atoms with Crippen LogP contribution in [0.1, 0.15) is 37.7 Å². The molecule has 134 valence electrons. The Labute approximate surface area is 144 Å². The average molecular weight is 335 g/mol. The number of nitrogens with zero attached hydrogens (tertiary/aromatic N) is 1. The van der Waals surface area contributed by atoms with Crippen LogP contribution in [0.5, 0.6) is 5.75 Å². The summed E-state index contributed by atoms with van der Waals surface area (Å²) in [4.78, 5) is 11.0. The van der Waals surface area contributed by atoms with Gasteiger partial charge in [0.25, 0.3) is 6.47 Å². The van der Waals surface area contributed by atoms with E-state index in [1.54, 1.807) is 7.11 Å². The molecule has 0 unspecified atom stereocenters. The summed E-state index contributed by atoms with van der Waals surface area (Å²) in [6.07, 6.45) is 7.02. The Morgan fingerprint density at radius 3 is 2.54 bits per heavy atom. The fourth-order valence-corrected chi connectivity index (χ4v) is 4.32. The van der Waals surface area contributed by atoms with Gasteiger partial charge in [0.1, 0.15) is 5.75 Å². The fourth-order valence-electron chi connectivity index (χ4n) is 4.32. The van der Waals surface area contributed by atoms with Gasteiger partial charge in [0.05, 0.1) is 13.2 Å². The lowest BCUT2D eigenvalue weighted by molar-refractivity contribution is -0.122. The van der Waals surface area contributed by atoms with Gasteiger partial charge < -0.3 is 14.6 Å². The Hall–Kier alpha value is -1.59. The average Bonchev–Trinajstić information content (AvgIpc) is 2.98. The maximum Gasteiger partial charge on any atom is 0.290 e. The molecule has 1 saturated carbocycles. The summed E-state index contributed by atoms with van der Waals surface area (Å²) < 4.78 is 11.0. The van der Waals surface area contributed by atoms with E-state index < -0.39 is 0 Å².